The van der Waals surface area contributed by atoms with Crippen LogP contribution in [0.4, 0.5) is 0 Å². The molecular formula is C22H23Cl3N4OS. The molecule has 4 rings (SSSR count). The zero-order valence-corrected chi connectivity index (χ0v) is 20.2. The van der Waals surface area contributed by atoms with Gasteiger partial charge in [-0.15, -0.1) is 11.3 Å². The molecule has 1 atom stereocenters. The molecule has 3 heterocycles. The van der Waals surface area contributed by atoms with E-state index >= 15 is 0 Å². The Labute approximate surface area is 200 Å². The van der Waals surface area contributed by atoms with Gasteiger partial charge < -0.3 is 5.32 Å². The van der Waals surface area contributed by atoms with E-state index in [1.807, 2.05) is 6.07 Å². The second-order valence-corrected chi connectivity index (χ2v) is 9.81. The maximum atomic E-state index is 13.0. The van der Waals surface area contributed by atoms with Crippen LogP contribution in [0.5, 0.6) is 0 Å². The number of carbonyl (C=O) groups is 1. The highest BCUT2D eigenvalue weighted by Crippen LogP contribution is 2.29. The van der Waals surface area contributed by atoms with E-state index in [0.717, 1.165) is 18.7 Å². The lowest BCUT2D eigenvalue weighted by atomic mass is 10.2. The SMILES string of the molecule is Cc1nn(Cc2ccc(Cl)cc2Cl)c(Cl)c1C(=O)NC[C@@H](c1cccs1)N1CCCC1. The van der Waals surface area contributed by atoms with E-state index in [-0.39, 0.29) is 11.9 Å². The zero-order valence-electron chi connectivity index (χ0n) is 17.1. The standard InChI is InChI=1S/C22H23Cl3N4OS/c1-14-20(21(25)29(27-14)13-15-6-7-16(23)11-17(15)24)22(30)26-12-18(19-5-4-10-31-19)28-8-2-3-9-28/h4-7,10-11,18H,2-3,8-9,12-13H2,1H3,(H,26,30)/t18-/m0/s1. The summed E-state index contributed by atoms with van der Waals surface area (Å²) in [6.45, 7) is 4.78. The molecule has 3 aromatic rings. The van der Waals surface area contributed by atoms with Gasteiger partial charge in [0.1, 0.15) is 5.15 Å². The van der Waals surface area contributed by atoms with Crippen LogP contribution in [0.25, 0.3) is 0 Å². The van der Waals surface area contributed by atoms with Crippen molar-refractivity contribution >= 4 is 52.0 Å². The molecule has 0 unspecified atom stereocenters. The van der Waals surface area contributed by atoms with Gasteiger partial charge in [0.15, 0.2) is 0 Å². The minimum Gasteiger partial charge on any atom is -0.350 e. The molecule has 5 nitrogen and oxygen atoms in total. The fourth-order valence-corrected chi connectivity index (χ4v) is 5.60. The van der Waals surface area contributed by atoms with Crippen LogP contribution in [-0.4, -0.2) is 40.2 Å². The smallest absolute Gasteiger partial charge is 0.256 e. The normalized spacial score (nSPS) is 15.4. The molecule has 31 heavy (non-hydrogen) atoms. The van der Waals surface area contributed by atoms with Crippen molar-refractivity contribution in [2.45, 2.75) is 32.4 Å². The van der Waals surface area contributed by atoms with Crippen molar-refractivity contribution < 1.29 is 4.79 Å². The van der Waals surface area contributed by atoms with Crippen LogP contribution in [0.1, 0.15) is 45.4 Å². The highest BCUT2D eigenvalue weighted by Gasteiger charge is 2.26. The van der Waals surface area contributed by atoms with Gasteiger partial charge in [0.05, 0.1) is 23.8 Å². The van der Waals surface area contributed by atoms with Gasteiger partial charge >= 0.3 is 0 Å². The molecule has 0 spiro atoms. The molecule has 1 aromatic carbocycles. The maximum Gasteiger partial charge on any atom is 0.256 e. The average Bonchev–Trinajstić information content (AvgIpc) is 3.48. The molecule has 9 heteroatoms. The van der Waals surface area contributed by atoms with Crippen molar-refractivity contribution in [1.82, 2.24) is 20.0 Å². The molecular weight excluding hydrogens is 475 g/mol. The predicted octanol–water partition coefficient (Wildman–Crippen LogP) is 5.83. The van der Waals surface area contributed by atoms with Gasteiger partial charge in [0, 0.05) is 21.5 Å². The second kappa shape index (κ2) is 9.92. The molecule has 0 aliphatic carbocycles. The number of hydrogen-bond acceptors (Lipinski definition) is 4. The van der Waals surface area contributed by atoms with Crippen molar-refractivity contribution in [3.05, 3.63) is 72.6 Å². The number of nitrogens with one attached hydrogen (secondary N) is 1. The number of hydrogen-bond donors (Lipinski definition) is 1. The van der Waals surface area contributed by atoms with Crippen LogP contribution in [-0.2, 0) is 6.54 Å². The van der Waals surface area contributed by atoms with Crippen molar-refractivity contribution in [3.63, 3.8) is 0 Å². The molecule has 1 saturated heterocycles. The molecule has 1 aliphatic rings. The van der Waals surface area contributed by atoms with Gasteiger partial charge in [0.25, 0.3) is 5.91 Å². The molecule has 1 aliphatic heterocycles. The van der Waals surface area contributed by atoms with Gasteiger partial charge in [-0.25, -0.2) is 4.68 Å². The number of benzene rings is 1. The third-order valence-corrected chi connectivity index (χ3v) is 7.48. The summed E-state index contributed by atoms with van der Waals surface area (Å²) in [5.41, 5.74) is 1.81. The summed E-state index contributed by atoms with van der Waals surface area (Å²) in [4.78, 5) is 16.7. The van der Waals surface area contributed by atoms with Crippen molar-refractivity contribution in [3.8, 4) is 0 Å². The Bertz CT molecular complexity index is 1060. The summed E-state index contributed by atoms with van der Waals surface area (Å²) in [5.74, 6) is -0.211. The van der Waals surface area contributed by atoms with Crippen LogP contribution < -0.4 is 5.32 Å². The van der Waals surface area contributed by atoms with Gasteiger partial charge in [-0.2, -0.15) is 5.10 Å². The number of aromatic nitrogens is 2. The van der Waals surface area contributed by atoms with Crippen LogP contribution >= 0.6 is 46.1 Å². The number of carbonyl (C=O) groups excluding carboxylic acids is 1. The average molecular weight is 498 g/mol. The number of halogens is 3. The topological polar surface area (TPSA) is 50.2 Å². The summed E-state index contributed by atoms with van der Waals surface area (Å²) in [5, 5.41) is 11.0. The summed E-state index contributed by atoms with van der Waals surface area (Å²) in [6.07, 6.45) is 2.39. The molecule has 0 saturated carbocycles. The number of thiophene rings is 1. The Balaban J connectivity index is 1.49. The first-order valence-electron chi connectivity index (χ1n) is 10.2. The lowest BCUT2D eigenvalue weighted by Gasteiger charge is -2.26. The van der Waals surface area contributed by atoms with Gasteiger partial charge in [-0.05, 0) is 62.0 Å². The Morgan fingerprint density at radius 2 is 2.00 bits per heavy atom. The highest BCUT2D eigenvalue weighted by atomic mass is 35.5. The van der Waals surface area contributed by atoms with Crippen LogP contribution in [0.15, 0.2) is 35.7 Å². The summed E-state index contributed by atoms with van der Waals surface area (Å²) >= 11 is 20.5. The summed E-state index contributed by atoms with van der Waals surface area (Å²) in [7, 11) is 0. The molecule has 1 N–H and O–H groups in total. The van der Waals surface area contributed by atoms with E-state index in [9.17, 15) is 4.79 Å². The quantitative estimate of drug-likeness (QED) is 0.447. The molecule has 1 amide bonds. The number of nitrogens with zero attached hydrogens (tertiary/aromatic N) is 3. The van der Waals surface area contributed by atoms with Gasteiger partial charge in [0.2, 0.25) is 0 Å². The van der Waals surface area contributed by atoms with Crippen molar-refractivity contribution in [2.24, 2.45) is 0 Å². The van der Waals surface area contributed by atoms with Gasteiger partial charge in [-0.1, -0.05) is 46.9 Å². The summed E-state index contributed by atoms with van der Waals surface area (Å²) < 4.78 is 1.60. The zero-order chi connectivity index (χ0) is 22.0. The Morgan fingerprint density at radius 3 is 2.68 bits per heavy atom. The van der Waals surface area contributed by atoms with E-state index in [4.69, 9.17) is 34.8 Å². The Morgan fingerprint density at radius 1 is 1.23 bits per heavy atom. The molecule has 2 aromatic heterocycles. The Kier molecular flexibility index (Phi) is 7.24. The second-order valence-electron chi connectivity index (χ2n) is 7.63. The number of likely N-dealkylation sites (tertiary alicyclic amines) is 1. The van der Waals surface area contributed by atoms with E-state index in [2.05, 4.69) is 32.8 Å². The van der Waals surface area contributed by atoms with E-state index in [0.29, 0.717) is 39.5 Å². The molecule has 164 valence electrons. The number of rotatable bonds is 7. The van der Waals surface area contributed by atoms with Crippen LogP contribution in [0.2, 0.25) is 15.2 Å². The lowest BCUT2D eigenvalue weighted by molar-refractivity contribution is 0.0938. The monoisotopic (exact) mass is 496 g/mol. The minimum atomic E-state index is -0.211. The fraction of sp³-hybridized carbons (Fsp3) is 0.364. The van der Waals surface area contributed by atoms with Crippen molar-refractivity contribution in [2.75, 3.05) is 19.6 Å². The van der Waals surface area contributed by atoms with E-state index in [1.165, 1.54) is 17.7 Å². The molecule has 1 fully saturated rings. The summed E-state index contributed by atoms with van der Waals surface area (Å²) in [6, 6.07) is 9.64. The third-order valence-electron chi connectivity index (χ3n) is 5.54. The first-order valence-corrected chi connectivity index (χ1v) is 12.2. The Hall–Kier alpha value is -1.57. The molecule has 0 bridgehead atoms. The minimum absolute atomic E-state index is 0.174. The van der Waals surface area contributed by atoms with E-state index in [1.54, 1.807) is 35.1 Å². The van der Waals surface area contributed by atoms with Crippen LogP contribution in [0.3, 0.4) is 0 Å². The van der Waals surface area contributed by atoms with Crippen LogP contribution in [0, 0.1) is 6.92 Å². The largest absolute Gasteiger partial charge is 0.350 e. The first-order chi connectivity index (χ1) is 14.9. The maximum absolute atomic E-state index is 13.0. The number of amides is 1. The first kappa shape index (κ1) is 22.6. The predicted molar refractivity (Wildman–Crippen MR) is 128 cm³/mol. The lowest BCUT2D eigenvalue weighted by Crippen LogP contribution is -2.36. The third kappa shape index (κ3) is 5.10. The number of aryl methyl sites for hydroxylation is 1. The van der Waals surface area contributed by atoms with Gasteiger partial charge in [-0.3, -0.25) is 9.69 Å². The highest BCUT2D eigenvalue weighted by molar-refractivity contribution is 7.10. The fourth-order valence-electron chi connectivity index (χ4n) is 3.95. The van der Waals surface area contributed by atoms with Crippen molar-refractivity contribution in [1.29, 1.82) is 0 Å². The molecule has 0 radical (unpaired) electrons. The van der Waals surface area contributed by atoms with E-state index < -0.39 is 0 Å².